The minimum atomic E-state index is -3.01. The van der Waals surface area contributed by atoms with Crippen LogP contribution in [0.25, 0.3) is 0 Å². The number of piperidine rings is 1. The Morgan fingerprint density at radius 3 is 2.71 bits per heavy atom. The number of nitrogens with one attached hydrogen (secondary N) is 2. The maximum atomic E-state index is 11.3. The summed E-state index contributed by atoms with van der Waals surface area (Å²) in [6.45, 7) is 2.10. The summed E-state index contributed by atoms with van der Waals surface area (Å²) in [5.41, 5.74) is 1.23. The molecule has 2 rings (SSSR count). The zero-order chi connectivity index (χ0) is 12.3. The van der Waals surface area contributed by atoms with Crippen molar-refractivity contribution in [2.45, 2.75) is 25.4 Å². The fourth-order valence-electron chi connectivity index (χ4n) is 2.12. The van der Waals surface area contributed by atoms with E-state index < -0.39 is 10.0 Å². The molecule has 1 fully saturated rings. The van der Waals surface area contributed by atoms with Crippen LogP contribution in [0.2, 0.25) is 0 Å². The van der Waals surface area contributed by atoms with Gasteiger partial charge in [0.15, 0.2) is 0 Å². The fraction of sp³-hybridized carbons (Fsp3) is 0.636. The van der Waals surface area contributed by atoms with E-state index in [1.807, 2.05) is 18.5 Å². The molecule has 1 aliphatic heterocycles. The standard InChI is InChI=1S/C11H19N3O2S/c1-17(15,16)14-6-3-11(4-7-14)13-9-10-2-5-12-8-10/h2,5,8,11-13H,3-4,6-7,9H2,1H3. The van der Waals surface area contributed by atoms with Gasteiger partial charge in [0.05, 0.1) is 6.26 Å². The second-order valence-electron chi connectivity index (χ2n) is 4.54. The molecule has 17 heavy (non-hydrogen) atoms. The minimum absolute atomic E-state index is 0.419. The van der Waals surface area contributed by atoms with Gasteiger partial charge < -0.3 is 10.3 Å². The lowest BCUT2D eigenvalue weighted by Crippen LogP contribution is -2.44. The number of nitrogens with zero attached hydrogens (tertiary/aromatic N) is 1. The molecule has 0 unspecified atom stereocenters. The molecule has 0 aromatic carbocycles. The first-order valence-corrected chi connectivity index (χ1v) is 7.71. The fourth-order valence-corrected chi connectivity index (χ4v) is 3.00. The van der Waals surface area contributed by atoms with Crippen LogP contribution in [0.5, 0.6) is 0 Å². The lowest BCUT2D eigenvalue weighted by molar-refractivity contribution is 0.290. The van der Waals surface area contributed by atoms with Crippen molar-refractivity contribution >= 4 is 10.0 Å². The zero-order valence-electron chi connectivity index (χ0n) is 10.0. The van der Waals surface area contributed by atoms with Crippen molar-refractivity contribution in [1.82, 2.24) is 14.6 Å². The van der Waals surface area contributed by atoms with Gasteiger partial charge in [0.1, 0.15) is 0 Å². The highest BCUT2D eigenvalue weighted by atomic mass is 32.2. The zero-order valence-corrected chi connectivity index (χ0v) is 10.8. The van der Waals surface area contributed by atoms with E-state index in [9.17, 15) is 8.42 Å². The molecule has 0 amide bonds. The number of H-pyrrole nitrogens is 1. The number of hydrogen-bond acceptors (Lipinski definition) is 3. The van der Waals surface area contributed by atoms with Crippen LogP contribution in [0.15, 0.2) is 18.5 Å². The van der Waals surface area contributed by atoms with Crippen LogP contribution in [0.4, 0.5) is 0 Å². The van der Waals surface area contributed by atoms with E-state index in [4.69, 9.17) is 0 Å². The number of sulfonamides is 1. The molecule has 1 aromatic heterocycles. The van der Waals surface area contributed by atoms with Gasteiger partial charge in [0, 0.05) is 38.1 Å². The van der Waals surface area contributed by atoms with Crippen molar-refractivity contribution in [3.8, 4) is 0 Å². The Kier molecular flexibility index (Phi) is 3.86. The third kappa shape index (κ3) is 3.55. The van der Waals surface area contributed by atoms with Crippen LogP contribution in [-0.4, -0.2) is 43.1 Å². The van der Waals surface area contributed by atoms with Gasteiger partial charge in [-0.05, 0) is 24.5 Å². The first-order valence-electron chi connectivity index (χ1n) is 5.86. The molecule has 1 aliphatic rings. The number of aromatic amines is 1. The average molecular weight is 257 g/mol. The Labute approximate surface area is 102 Å². The molecule has 1 aromatic rings. The highest BCUT2D eigenvalue weighted by Gasteiger charge is 2.24. The van der Waals surface area contributed by atoms with E-state index in [1.165, 1.54) is 11.8 Å². The monoisotopic (exact) mass is 257 g/mol. The Balaban J connectivity index is 1.76. The number of hydrogen-bond donors (Lipinski definition) is 2. The molecule has 2 heterocycles. The largest absolute Gasteiger partial charge is 0.367 e. The summed E-state index contributed by atoms with van der Waals surface area (Å²) in [5, 5.41) is 3.45. The van der Waals surface area contributed by atoms with Crippen molar-refractivity contribution in [2.24, 2.45) is 0 Å². The van der Waals surface area contributed by atoms with Crippen molar-refractivity contribution in [1.29, 1.82) is 0 Å². The van der Waals surface area contributed by atoms with E-state index in [0.717, 1.165) is 19.4 Å². The van der Waals surface area contributed by atoms with Crippen LogP contribution in [0.1, 0.15) is 18.4 Å². The third-order valence-electron chi connectivity index (χ3n) is 3.18. The SMILES string of the molecule is CS(=O)(=O)N1CCC(NCc2cc[nH]c2)CC1. The minimum Gasteiger partial charge on any atom is -0.367 e. The number of rotatable bonds is 4. The Morgan fingerprint density at radius 1 is 1.47 bits per heavy atom. The van der Waals surface area contributed by atoms with Crippen molar-refractivity contribution in [2.75, 3.05) is 19.3 Å². The van der Waals surface area contributed by atoms with Crippen LogP contribution < -0.4 is 5.32 Å². The topological polar surface area (TPSA) is 65.2 Å². The normalized spacial score (nSPS) is 19.6. The van der Waals surface area contributed by atoms with Gasteiger partial charge in [-0.2, -0.15) is 0 Å². The molecule has 0 aliphatic carbocycles. The van der Waals surface area contributed by atoms with E-state index in [0.29, 0.717) is 19.1 Å². The molecule has 0 bridgehead atoms. The van der Waals surface area contributed by atoms with Crippen LogP contribution in [-0.2, 0) is 16.6 Å². The molecule has 6 heteroatoms. The first kappa shape index (κ1) is 12.6. The Bertz CT molecular complexity index is 433. The lowest BCUT2D eigenvalue weighted by Gasteiger charge is -2.30. The summed E-state index contributed by atoms with van der Waals surface area (Å²) in [7, 11) is -3.01. The smallest absolute Gasteiger partial charge is 0.211 e. The molecule has 0 spiro atoms. The summed E-state index contributed by atoms with van der Waals surface area (Å²) in [5.74, 6) is 0. The van der Waals surface area contributed by atoms with E-state index in [1.54, 1.807) is 4.31 Å². The predicted molar refractivity (Wildman–Crippen MR) is 67.1 cm³/mol. The first-order chi connectivity index (χ1) is 8.05. The van der Waals surface area contributed by atoms with Crippen LogP contribution in [0.3, 0.4) is 0 Å². The maximum absolute atomic E-state index is 11.3. The molecular formula is C11H19N3O2S. The van der Waals surface area contributed by atoms with Gasteiger partial charge in [-0.1, -0.05) is 0 Å². The third-order valence-corrected chi connectivity index (χ3v) is 4.48. The summed E-state index contributed by atoms with van der Waals surface area (Å²) in [6, 6.07) is 2.46. The quantitative estimate of drug-likeness (QED) is 0.827. The van der Waals surface area contributed by atoms with Gasteiger partial charge in [0.25, 0.3) is 0 Å². The van der Waals surface area contributed by atoms with E-state index in [2.05, 4.69) is 10.3 Å². The summed E-state index contributed by atoms with van der Waals surface area (Å²) >= 11 is 0. The molecule has 2 N–H and O–H groups in total. The molecule has 1 saturated heterocycles. The summed E-state index contributed by atoms with van der Waals surface area (Å²) in [4.78, 5) is 3.02. The lowest BCUT2D eigenvalue weighted by atomic mass is 10.1. The predicted octanol–water partition coefficient (Wildman–Crippen LogP) is 0.528. The molecular weight excluding hydrogens is 238 g/mol. The molecule has 0 atom stereocenters. The highest BCUT2D eigenvalue weighted by Crippen LogP contribution is 2.13. The Hall–Kier alpha value is -0.850. The van der Waals surface area contributed by atoms with Crippen LogP contribution in [0, 0.1) is 0 Å². The highest BCUT2D eigenvalue weighted by molar-refractivity contribution is 7.88. The maximum Gasteiger partial charge on any atom is 0.211 e. The van der Waals surface area contributed by atoms with Crippen molar-refractivity contribution < 1.29 is 8.42 Å². The second kappa shape index (κ2) is 5.20. The van der Waals surface area contributed by atoms with Gasteiger partial charge in [-0.15, -0.1) is 0 Å². The van der Waals surface area contributed by atoms with Crippen LogP contribution >= 0.6 is 0 Å². The Morgan fingerprint density at radius 2 is 2.18 bits per heavy atom. The molecule has 96 valence electrons. The molecule has 0 radical (unpaired) electrons. The van der Waals surface area contributed by atoms with Crippen molar-refractivity contribution in [3.05, 3.63) is 24.0 Å². The molecule has 5 nitrogen and oxygen atoms in total. The van der Waals surface area contributed by atoms with Gasteiger partial charge in [-0.3, -0.25) is 0 Å². The van der Waals surface area contributed by atoms with Gasteiger partial charge in [0.2, 0.25) is 10.0 Å². The van der Waals surface area contributed by atoms with E-state index >= 15 is 0 Å². The van der Waals surface area contributed by atoms with Crippen molar-refractivity contribution in [3.63, 3.8) is 0 Å². The van der Waals surface area contributed by atoms with E-state index in [-0.39, 0.29) is 0 Å². The van der Waals surface area contributed by atoms with Gasteiger partial charge in [-0.25, -0.2) is 12.7 Å². The molecule has 0 saturated carbocycles. The average Bonchev–Trinajstić information content (AvgIpc) is 2.78. The number of aromatic nitrogens is 1. The summed E-state index contributed by atoms with van der Waals surface area (Å²) < 4.78 is 24.2. The second-order valence-corrected chi connectivity index (χ2v) is 6.52. The summed E-state index contributed by atoms with van der Waals surface area (Å²) in [6.07, 6.45) is 6.93. The van der Waals surface area contributed by atoms with Gasteiger partial charge >= 0.3 is 0 Å².